The van der Waals surface area contributed by atoms with Crippen LogP contribution in [0.1, 0.15) is 42.3 Å². The van der Waals surface area contributed by atoms with Gasteiger partial charge in [-0.3, -0.25) is 4.79 Å². The van der Waals surface area contributed by atoms with Crippen molar-refractivity contribution < 1.29 is 9.90 Å². The molecule has 1 heterocycles. The SMILES string of the molecule is CN1CCC(c2ccc(C(N)CC(=O)O)cc2)CC1. The third kappa shape index (κ3) is 3.78. The molecule has 0 spiro atoms. The summed E-state index contributed by atoms with van der Waals surface area (Å²) in [5.41, 5.74) is 8.10. The Hall–Kier alpha value is -1.39. The molecule has 0 aliphatic carbocycles. The quantitative estimate of drug-likeness (QED) is 0.870. The van der Waals surface area contributed by atoms with Crippen LogP contribution in [-0.4, -0.2) is 36.1 Å². The molecule has 1 fully saturated rings. The first kappa shape index (κ1) is 14.0. The molecule has 0 saturated carbocycles. The molecule has 0 aromatic heterocycles. The minimum atomic E-state index is -0.855. The van der Waals surface area contributed by atoms with E-state index < -0.39 is 12.0 Å². The van der Waals surface area contributed by atoms with Crippen LogP contribution in [0.2, 0.25) is 0 Å². The molecule has 4 heteroatoms. The van der Waals surface area contributed by atoms with Crippen LogP contribution in [0.25, 0.3) is 0 Å². The van der Waals surface area contributed by atoms with Gasteiger partial charge < -0.3 is 15.7 Å². The van der Waals surface area contributed by atoms with Gasteiger partial charge >= 0.3 is 5.97 Å². The molecule has 3 N–H and O–H groups in total. The molecule has 1 aromatic rings. The predicted octanol–water partition coefficient (Wildman–Crippen LogP) is 1.97. The van der Waals surface area contributed by atoms with Crippen molar-refractivity contribution in [1.82, 2.24) is 4.90 Å². The Labute approximate surface area is 114 Å². The zero-order valence-corrected chi connectivity index (χ0v) is 11.4. The van der Waals surface area contributed by atoms with Crippen LogP contribution in [0.4, 0.5) is 0 Å². The van der Waals surface area contributed by atoms with Crippen molar-refractivity contribution in [2.24, 2.45) is 5.73 Å². The van der Waals surface area contributed by atoms with Crippen LogP contribution < -0.4 is 5.73 Å². The van der Waals surface area contributed by atoms with E-state index in [2.05, 4.69) is 24.1 Å². The van der Waals surface area contributed by atoms with Crippen molar-refractivity contribution in [1.29, 1.82) is 0 Å². The van der Waals surface area contributed by atoms with Crippen LogP contribution in [0, 0.1) is 0 Å². The monoisotopic (exact) mass is 262 g/mol. The summed E-state index contributed by atoms with van der Waals surface area (Å²) in [6.07, 6.45) is 2.36. The first-order valence-electron chi connectivity index (χ1n) is 6.82. The number of aliphatic carboxylic acids is 1. The number of nitrogens with zero attached hydrogens (tertiary/aromatic N) is 1. The third-order valence-electron chi connectivity index (χ3n) is 3.95. The van der Waals surface area contributed by atoms with E-state index >= 15 is 0 Å². The van der Waals surface area contributed by atoms with Gasteiger partial charge in [-0.25, -0.2) is 0 Å². The molecular formula is C15H22N2O2. The van der Waals surface area contributed by atoms with Crippen molar-refractivity contribution >= 4 is 5.97 Å². The normalized spacial score (nSPS) is 19.3. The maximum atomic E-state index is 10.6. The highest BCUT2D eigenvalue weighted by Gasteiger charge is 2.18. The standard InChI is InChI=1S/C15H22N2O2/c1-17-8-6-12(7-9-17)11-2-4-13(5-3-11)14(16)10-15(18)19/h2-5,12,14H,6-10,16H2,1H3,(H,18,19). The van der Waals surface area contributed by atoms with E-state index in [1.807, 2.05) is 12.1 Å². The zero-order valence-electron chi connectivity index (χ0n) is 11.4. The molecule has 0 bridgehead atoms. The minimum absolute atomic E-state index is 0.0203. The van der Waals surface area contributed by atoms with Gasteiger partial charge in [0.25, 0.3) is 0 Å². The molecule has 1 atom stereocenters. The lowest BCUT2D eigenvalue weighted by Crippen LogP contribution is -2.29. The summed E-state index contributed by atoms with van der Waals surface area (Å²) < 4.78 is 0. The second-order valence-corrected chi connectivity index (χ2v) is 5.45. The highest BCUT2D eigenvalue weighted by molar-refractivity contribution is 5.67. The van der Waals surface area contributed by atoms with Crippen LogP contribution in [0.5, 0.6) is 0 Å². The number of carboxylic acids is 1. The zero-order chi connectivity index (χ0) is 13.8. The molecule has 1 aliphatic heterocycles. The topological polar surface area (TPSA) is 66.6 Å². The summed E-state index contributed by atoms with van der Waals surface area (Å²) in [7, 11) is 2.16. The van der Waals surface area contributed by atoms with Gasteiger partial charge in [-0.2, -0.15) is 0 Å². The van der Waals surface area contributed by atoms with Crippen molar-refractivity contribution in [2.75, 3.05) is 20.1 Å². The number of carbonyl (C=O) groups is 1. The van der Waals surface area contributed by atoms with E-state index in [1.54, 1.807) is 0 Å². The summed E-state index contributed by atoms with van der Waals surface area (Å²) in [6.45, 7) is 2.29. The lowest BCUT2D eigenvalue weighted by atomic mass is 9.88. The third-order valence-corrected chi connectivity index (χ3v) is 3.95. The average molecular weight is 262 g/mol. The van der Waals surface area contributed by atoms with Gasteiger partial charge in [0.15, 0.2) is 0 Å². The lowest BCUT2D eigenvalue weighted by molar-refractivity contribution is -0.137. The highest BCUT2D eigenvalue weighted by atomic mass is 16.4. The Bertz CT molecular complexity index is 422. The number of piperidine rings is 1. The second kappa shape index (κ2) is 6.17. The molecule has 4 nitrogen and oxygen atoms in total. The Morgan fingerprint density at radius 2 is 1.95 bits per heavy atom. The van der Waals surface area contributed by atoms with Gasteiger partial charge in [0, 0.05) is 6.04 Å². The number of carboxylic acid groups (broad SMARTS) is 1. The van der Waals surface area contributed by atoms with Crippen LogP contribution in [-0.2, 0) is 4.79 Å². The number of nitrogens with two attached hydrogens (primary N) is 1. The van der Waals surface area contributed by atoms with Gasteiger partial charge in [-0.05, 0) is 50.0 Å². The summed E-state index contributed by atoms with van der Waals surface area (Å²) in [5.74, 6) is -0.229. The Kier molecular flexibility index (Phi) is 4.56. The maximum Gasteiger partial charge on any atom is 0.305 e. The first-order valence-corrected chi connectivity index (χ1v) is 6.82. The van der Waals surface area contributed by atoms with Crippen LogP contribution >= 0.6 is 0 Å². The molecule has 0 radical (unpaired) electrons. The fourth-order valence-corrected chi connectivity index (χ4v) is 2.66. The van der Waals surface area contributed by atoms with Crippen LogP contribution in [0.15, 0.2) is 24.3 Å². The van der Waals surface area contributed by atoms with E-state index in [-0.39, 0.29) is 6.42 Å². The number of hydrogen-bond acceptors (Lipinski definition) is 3. The largest absolute Gasteiger partial charge is 0.481 e. The molecule has 1 unspecified atom stereocenters. The number of hydrogen-bond donors (Lipinski definition) is 2. The Morgan fingerprint density at radius 3 is 2.47 bits per heavy atom. The lowest BCUT2D eigenvalue weighted by Gasteiger charge is -2.29. The number of likely N-dealkylation sites (tertiary alicyclic amines) is 1. The second-order valence-electron chi connectivity index (χ2n) is 5.45. The van der Waals surface area contributed by atoms with E-state index in [4.69, 9.17) is 10.8 Å². The Balaban J connectivity index is 2.00. The van der Waals surface area contributed by atoms with Crippen molar-refractivity contribution in [2.45, 2.75) is 31.2 Å². The molecule has 0 amide bonds. The van der Waals surface area contributed by atoms with Crippen molar-refractivity contribution in [3.8, 4) is 0 Å². The average Bonchev–Trinajstić information content (AvgIpc) is 2.39. The predicted molar refractivity (Wildman–Crippen MR) is 75.1 cm³/mol. The molecule has 1 saturated heterocycles. The van der Waals surface area contributed by atoms with Gasteiger partial charge in [-0.15, -0.1) is 0 Å². The van der Waals surface area contributed by atoms with Gasteiger partial charge in [0.2, 0.25) is 0 Å². The summed E-state index contributed by atoms with van der Waals surface area (Å²) in [6, 6.07) is 7.74. The van der Waals surface area contributed by atoms with Gasteiger partial charge in [0.1, 0.15) is 0 Å². The van der Waals surface area contributed by atoms with Crippen LogP contribution in [0.3, 0.4) is 0 Å². The summed E-state index contributed by atoms with van der Waals surface area (Å²) >= 11 is 0. The molecule has 1 aliphatic rings. The van der Waals surface area contributed by atoms with Crippen molar-refractivity contribution in [3.05, 3.63) is 35.4 Å². The smallest absolute Gasteiger partial charge is 0.305 e. The van der Waals surface area contributed by atoms with Crippen molar-refractivity contribution in [3.63, 3.8) is 0 Å². The summed E-state index contributed by atoms with van der Waals surface area (Å²) in [4.78, 5) is 13.0. The first-order chi connectivity index (χ1) is 9.06. The fourth-order valence-electron chi connectivity index (χ4n) is 2.66. The number of benzene rings is 1. The van der Waals surface area contributed by atoms with E-state index in [0.29, 0.717) is 5.92 Å². The van der Waals surface area contributed by atoms with E-state index in [1.165, 1.54) is 18.4 Å². The summed E-state index contributed by atoms with van der Waals surface area (Å²) in [5, 5.41) is 8.74. The molecule has 1 aromatic carbocycles. The highest BCUT2D eigenvalue weighted by Crippen LogP contribution is 2.28. The van der Waals surface area contributed by atoms with Gasteiger partial charge in [0.05, 0.1) is 6.42 Å². The molecular weight excluding hydrogens is 240 g/mol. The minimum Gasteiger partial charge on any atom is -0.481 e. The fraction of sp³-hybridized carbons (Fsp3) is 0.533. The van der Waals surface area contributed by atoms with Gasteiger partial charge in [-0.1, -0.05) is 24.3 Å². The molecule has 19 heavy (non-hydrogen) atoms. The molecule has 2 rings (SSSR count). The number of rotatable bonds is 4. The Morgan fingerprint density at radius 1 is 1.37 bits per heavy atom. The van der Waals surface area contributed by atoms with E-state index in [0.717, 1.165) is 18.7 Å². The van der Waals surface area contributed by atoms with E-state index in [9.17, 15) is 4.79 Å². The maximum absolute atomic E-state index is 10.6. The molecule has 104 valence electrons.